The van der Waals surface area contributed by atoms with Crippen molar-refractivity contribution < 1.29 is 19.4 Å². The molecule has 0 aromatic carbocycles. The van der Waals surface area contributed by atoms with Crippen molar-refractivity contribution in [3.8, 4) is 11.8 Å². The zero-order valence-electron chi connectivity index (χ0n) is 10.7. The number of methoxy groups -OCH3 is 1. The molecule has 0 unspecified atom stereocenters. The molecule has 0 spiro atoms. The van der Waals surface area contributed by atoms with Crippen LogP contribution in [0, 0.1) is 11.8 Å². The molecule has 0 radical (unpaired) electrons. The van der Waals surface area contributed by atoms with Crippen LogP contribution in [0.1, 0.15) is 15.9 Å². The number of esters is 1. The smallest absolute Gasteiger partial charge is 0.325 e. The number of hydrogen-bond donors (Lipinski definition) is 1. The lowest BCUT2D eigenvalue weighted by atomic mass is 10.1. The summed E-state index contributed by atoms with van der Waals surface area (Å²) >= 11 is 0. The molecule has 1 amide bonds. The monoisotopic (exact) mass is 262 g/mol. The third kappa shape index (κ3) is 4.08. The Morgan fingerprint density at radius 3 is 2.89 bits per heavy atom. The number of likely N-dealkylation sites (N-methyl/N-ethyl adjacent to an activating group) is 1. The molecule has 0 saturated carbocycles. The zero-order valence-corrected chi connectivity index (χ0v) is 10.7. The van der Waals surface area contributed by atoms with Gasteiger partial charge in [-0.3, -0.25) is 14.6 Å². The van der Waals surface area contributed by atoms with E-state index < -0.39 is 5.97 Å². The molecule has 100 valence electrons. The Labute approximate surface area is 111 Å². The van der Waals surface area contributed by atoms with E-state index in [2.05, 4.69) is 21.6 Å². The quantitative estimate of drug-likeness (QED) is 0.596. The number of carbonyl (C=O) groups is 2. The van der Waals surface area contributed by atoms with Gasteiger partial charge in [-0.15, -0.1) is 0 Å². The molecule has 19 heavy (non-hydrogen) atoms. The minimum absolute atomic E-state index is 0.148. The number of pyridine rings is 1. The van der Waals surface area contributed by atoms with Crippen LogP contribution in [0.3, 0.4) is 0 Å². The van der Waals surface area contributed by atoms with Crippen LogP contribution in [-0.2, 0) is 9.53 Å². The van der Waals surface area contributed by atoms with E-state index >= 15 is 0 Å². The molecule has 0 saturated heterocycles. The van der Waals surface area contributed by atoms with Gasteiger partial charge >= 0.3 is 5.97 Å². The molecular weight excluding hydrogens is 248 g/mol. The minimum Gasteiger partial charge on any atom is -0.468 e. The third-order valence-corrected chi connectivity index (χ3v) is 2.29. The maximum Gasteiger partial charge on any atom is 0.325 e. The topological polar surface area (TPSA) is 79.7 Å². The van der Waals surface area contributed by atoms with Crippen molar-refractivity contribution >= 4 is 11.9 Å². The van der Waals surface area contributed by atoms with Crippen LogP contribution in [-0.4, -0.2) is 54.2 Å². The second-order valence-corrected chi connectivity index (χ2v) is 3.62. The number of hydrogen-bond acceptors (Lipinski definition) is 5. The van der Waals surface area contributed by atoms with Crippen molar-refractivity contribution in [1.82, 2.24) is 9.88 Å². The van der Waals surface area contributed by atoms with Gasteiger partial charge in [0.05, 0.1) is 18.2 Å². The lowest BCUT2D eigenvalue weighted by molar-refractivity contribution is -0.141. The van der Waals surface area contributed by atoms with Crippen LogP contribution in [0.4, 0.5) is 0 Å². The molecule has 0 bridgehead atoms. The summed E-state index contributed by atoms with van der Waals surface area (Å²) < 4.78 is 4.50. The van der Waals surface area contributed by atoms with E-state index in [1.807, 2.05) is 0 Å². The zero-order chi connectivity index (χ0) is 14.3. The van der Waals surface area contributed by atoms with E-state index in [0.717, 1.165) is 0 Å². The third-order valence-electron chi connectivity index (χ3n) is 2.29. The molecule has 0 atom stereocenters. The molecular formula is C13H14N2O4. The summed E-state index contributed by atoms with van der Waals surface area (Å²) in [5.41, 5.74) is 0.723. The van der Waals surface area contributed by atoms with Gasteiger partial charge in [0, 0.05) is 19.4 Å². The highest BCUT2D eigenvalue weighted by Crippen LogP contribution is 2.08. The fourth-order valence-electron chi connectivity index (χ4n) is 1.35. The standard InChI is InChI=1S/C13H14N2O4/c1-15(9-12(17)19-2)13(18)11-5-6-14-8-10(11)4-3-7-16/h5-6,8,16H,7,9H2,1-2H3. The van der Waals surface area contributed by atoms with Crippen molar-refractivity contribution in [3.05, 3.63) is 29.6 Å². The van der Waals surface area contributed by atoms with Gasteiger partial charge in [-0.1, -0.05) is 11.8 Å². The molecule has 6 nitrogen and oxygen atoms in total. The summed E-state index contributed by atoms with van der Waals surface area (Å²) in [7, 11) is 2.74. The first-order valence-corrected chi connectivity index (χ1v) is 5.46. The number of aliphatic hydroxyl groups is 1. The van der Waals surface area contributed by atoms with Crippen molar-refractivity contribution in [1.29, 1.82) is 0 Å². The Kier molecular flexibility index (Phi) is 5.51. The summed E-state index contributed by atoms with van der Waals surface area (Å²) in [6.45, 7) is -0.453. The SMILES string of the molecule is COC(=O)CN(C)C(=O)c1ccncc1C#CCO. The van der Waals surface area contributed by atoms with E-state index in [9.17, 15) is 9.59 Å². The number of ether oxygens (including phenoxy) is 1. The van der Waals surface area contributed by atoms with Crippen molar-refractivity contribution in [2.75, 3.05) is 27.3 Å². The van der Waals surface area contributed by atoms with E-state index in [1.54, 1.807) is 0 Å². The maximum atomic E-state index is 12.1. The van der Waals surface area contributed by atoms with Crippen molar-refractivity contribution in [3.63, 3.8) is 0 Å². The van der Waals surface area contributed by atoms with Gasteiger partial charge in [0.15, 0.2) is 0 Å². The van der Waals surface area contributed by atoms with Gasteiger partial charge in [0.25, 0.3) is 5.91 Å². The minimum atomic E-state index is -0.507. The number of nitrogens with zero attached hydrogens (tertiary/aromatic N) is 2. The van der Waals surface area contributed by atoms with E-state index in [4.69, 9.17) is 5.11 Å². The fourth-order valence-corrected chi connectivity index (χ4v) is 1.35. The van der Waals surface area contributed by atoms with Crippen LogP contribution in [0.5, 0.6) is 0 Å². The highest BCUT2D eigenvalue weighted by molar-refractivity contribution is 5.97. The van der Waals surface area contributed by atoms with E-state index in [1.165, 1.54) is 37.5 Å². The molecule has 6 heteroatoms. The van der Waals surface area contributed by atoms with Crippen molar-refractivity contribution in [2.45, 2.75) is 0 Å². The second kappa shape index (κ2) is 7.13. The normalized spacial score (nSPS) is 9.21. The molecule has 1 aromatic heterocycles. The first kappa shape index (κ1) is 14.7. The maximum absolute atomic E-state index is 12.1. The molecule has 0 aliphatic heterocycles. The Bertz CT molecular complexity index is 531. The average molecular weight is 262 g/mol. The predicted octanol–water partition coefficient (Wildman–Crippen LogP) is -0.330. The van der Waals surface area contributed by atoms with Crippen LogP contribution in [0.25, 0.3) is 0 Å². The van der Waals surface area contributed by atoms with Gasteiger partial charge in [-0.05, 0) is 6.07 Å². The van der Waals surface area contributed by atoms with Gasteiger partial charge in [-0.25, -0.2) is 0 Å². The Balaban J connectivity index is 2.96. The number of carbonyl (C=O) groups excluding carboxylic acids is 2. The number of rotatable bonds is 3. The number of aromatic nitrogens is 1. The summed E-state index contributed by atoms with van der Waals surface area (Å²) in [5, 5.41) is 8.67. The molecule has 1 rings (SSSR count). The fraction of sp³-hybridized carbons (Fsp3) is 0.308. The number of amides is 1. The Hall–Kier alpha value is -2.39. The molecule has 1 N–H and O–H groups in total. The van der Waals surface area contributed by atoms with Gasteiger partial charge < -0.3 is 14.7 Å². The first-order chi connectivity index (χ1) is 9.10. The lowest BCUT2D eigenvalue weighted by Crippen LogP contribution is -2.33. The molecule has 0 aliphatic rings. The van der Waals surface area contributed by atoms with Crippen LogP contribution < -0.4 is 0 Å². The summed E-state index contributed by atoms with van der Waals surface area (Å²) in [4.78, 5) is 28.4. The van der Waals surface area contributed by atoms with Gasteiger partial charge in [0.1, 0.15) is 13.2 Å². The highest BCUT2D eigenvalue weighted by atomic mass is 16.5. The van der Waals surface area contributed by atoms with E-state index in [0.29, 0.717) is 11.1 Å². The average Bonchev–Trinajstić information content (AvgIpc) is 2.44. The van der Waals surface area contributed by atoms with Crippen LogP contribution in [0.15, 0.2) is 18.5 Å². The summed E-state index contributed by atoms with van der Waals surface area (Å²) in [5.74, 6) is 4.22. The Morgan fingerprint density at radius 2 is 2.26 bits per heavy atom. The van der Waals surface area contributed by atoms with Gasteiger partial charge in [-0.2, -0.15) is 0 Å². The first-order valence-electron chi connectivity index (χ1n) is 5.46. The second-order valence-electron chi connectivity index (χ2n) is 3.62. The summed E-state index contributed by atoms with van der Waals surface area (Å²) in [6.07, 6.45) is 2.89. The predicted molar refractivity (Wildman–Crippen MR) is 67.2 cm³/mol. The lowest BCUT2D eigenvalue weighted by Gasteiger charge is -2.16. The van der Waals surface area contributed by atoms with Crippen LogP contribution in [0.2, 0.25) is 0 Å². The number of aliphatic hydroxyl groups excluding tert-OH is 1. The molecule has 1 aromatic rings. The van der Waals surface area contributed by atoms with E-state index in [-0.39, 0.29) is 19.1 Å². The van der Waals surface area contributed by atoms with Crippen LogP contribution >= 0.6 is 0 Å². The molecule has 0 aliphatic carbocycles. The highest BCUT2D eigenvalue weighted by Gasteiger charge is 2.17. The largest absolute Gasteiger partial charge is 0.468 e. The summed E-state index contributed by atoms with van der Waals surface area (Å²) in [6, 6.07) is 1.51. The Morgan fingerprint density at radius 1 is 1.53 bits per heavy atom. The van der Waals surface area contributed by atoms with Gasteiger partial charge in [0.2, 0.25) is 0 Å². The molecule has 1 heterocycles. The molecule has 0 fully saturated rings. The van der Waals surface area contributed by atoms with Crippen molar-refractivity contribution in [2.24, 2.45) is 0 Å².